The van der Waals surface area contributed by atoms with Crippen LogP contribution in [0, 0.1) is 0 Å². The molecule has 0 fully saturated rings. The van der Waals surface area contributed by atoms with Gasteiger partial charge >= 0.3 is 0 Å². The van der Waals surface area contributed by atoms with Gasteiger partial charge in [0, 0.05) is 17.1 Å². The molecule has 0 aliphatic heterocycles. The third kappa shape index (κ3) is 3.10. The quantitative estimate of drug-likeness (QED) is 0.763. The summed E-state index contributed by atoms with van der Waals surface area (Å²) in [6.07, 6.45) is 1.66. The summed E-state index contributed by atoms with van der Waals surface area (Å²) < 4.78 is 0.892. The van der Waals surface area contributed by atoms with Crippen molar-refractivity contribution in [3.05, 3.63) is 62.3 Å². The van der Waals surface area contributed by atoms with E-state index >= 15 is 0 Å². The van der Waals surface area contributed by atoms with Gasteiger partial charge < -0.3 is 0 Å². The van der Waals surface area contributed by atoms with Gasteiger partial charge in [-0.05, 0) is 17.7 Å². The average molecular weight is 345 g/mol. The topological polar surface area (TPSA) is 30.0 Å². The minimum Gasteiger partial charge on any atom is -0.292 e. The lowest BCUT2D eigenvalue weighted by Crippen LogP contribution is -2.07. The number of pyridine rings is 1. The number of benzene rings is 1. The summed E-state index contributed by atoms with van der Waals surface area (Å²) in [4.78, 5) is 16.1. The fourth-order valence-corrected chi connectivity index (χ4v) is 2.43. The molecular formula is C13H8BrCl2NO. The molecule has 0 unspecified atom stereocenters. The molecule has 0 atom stereocenters. The number of ketones is 1. The third-order valence-electron chi connectivity index (χ3n) is 2.38. The zero-order valence-electron chi connectivity index (χ0n) is 9.16. The molecule has 2 nitrogen and oxygen atoms in total. The molecule has 0 amide bonds. The number of carbonyl (C=O) groups excluding carboxylic acids is 1. The summed E-state index contributed by atoms with van der Waals surface area (Å²) in [5.41, 5.74) is 1.15. The molecule has 0 radical (unpaired) electrons. The first-order chi connectivity index (χ1) is 8.58. The van der Waals surface area contributed by atoms with E-state index in [-0.39, 0.29) is 22.9 Å². The highest BCUT2D eigenvalue weighted by atomic mass is 79.9. The Morgan fingerprint density at radius 3 is 2.67 bits per heavy atom. The van der Waals surface area contributed by atoms with Crippen LogP contribution in [0.25, 0.3) is 0 Å². The normalized spacial score (nSPS) is 10.4. The van der Waals surface area contributed by atoms with Crippen LogP contribution < -0.4 is 0 Å². The van der Waals surface area contributed by atoms with E-state index in [0.29, 0.717) is 5.02 Å². The fourth-order valence-electron chi connectivity index (χ4n) is 1.52. The SMILES string of the molecule is O=C(Cc1ccccc1Br)c1ncc(Cl)cc1Cl. The van der Waals surface area contributed by atoms with Crippen molar-refractivity contribution in [2.24, 2.45) is 0 Å². The number of nitrogens with zero attached hydrogens (tertiary/aromatic N) is 1. The van der Waals surface area contributed by atoms with Crippen LogP contribution in [0.15, 0.2) is 41.0 Å². The van der Waals surface area contributed by atoms with Crippen molar-refractivity contribution >= 4 is 44.9 Å². The maximum absolute atomic E-state index is 12.1. The van der Waals surface area contributed by atoms with Gasteiger partial charge in [-0.2, -0.15) is 0 Å². The third-order valence-corrected chi connectivity index (χ3v) is 3.65. The Morgan fingerprint density at radius 2 is 2.00 bits per heavy atom. The Kier molecular flexibility index (Phi) is 4.38. The summed E-state index contributed by atoms with van der Waals surface area (Å²) >= 11 is 15.1. The molecule has 1 aromatic carbocycles. The zero-order valence-corrected chi connectivity index (χ0v) is 12.3. The van der Waals surface area contributed by atoms with Crippen LogP contribution in [0.2, 0.25) is 10.0 Å². The lowest BCUT2D eigenvalue weighted by molar-refractivity contribution is 0.0988. The number of carbonyl (C=O) groups is 1. The zero-order chi connectivity index (χ0) is 13.1. The second-order valence-electron chi connectivity index (χ2n) is 3.68. The standard InChI is InChI=1S/C13H8BrCl2NO/c14-10-4-2-1-3-8(10)5-12(18)13-11(16)6-9(15)7-17-13/h1-4,6-7H,5H2. The predicted octanol–water partition coefficient (Wildman–Crippen LogP) is 4.58. The summed E-state index contributed by atoms with van der Waals surface area (Å²) in [5.74, 6) is -0.136. The molecule has 92 valence electrons. The van der Waals surface area contributed by atoms with Crippen LogP contribution in [0.3, 0.4) is 0 Å². The van der Waals surface area contributed by atoms with Crippen molar-refractivity contribution in [1.29, 1.82) is 0 Å². The molecule has 18 heavy (non-hydrogen) atoms. The monoisotopic (exact) mass is 343 g/mol. The highest BCUT2D eigenvalue weighted by Crippen LogP contribution is 2.22. The van der Waals surface area contributed by atoms with Gasteiger partial charge in [0.05, 0.1) is 10.0 Å². The molecule has 1 heterocycles. The van der Waals surface area contributed by atoms with Gasteiger partial charge in [0.25, 0.3) is 0 Å². The fraction of sp³-hybridized carbons (Fsp3) is 0.0769. The Hall–Kier alpha value is -0.900. The number of halogens is 3. The molecule has 1 aromatic heterocycles. The van der Waals surface area contributed by atoms with E-state index < -0.39 is 0 Å². The molecule has 0 bridgehead atoms. The van der Waals surface area contributed by atoms with Crippen LogP contribution in [0.4, 0.5) is 0 Å². The molecule has 5 heteroatoms. The lowest BCUT2D eigenvalue weighted by atomic mass is 10.1. The maximum Gasteiger partial charge on any atom is 0.187 e. The van der Waals surface area contributed by atoms with E-state index in [0.717, 1.165) is 10.0 Å². The van der Waals surface area contributed by atoms with Crippen molar-refractivity contribution in [2.75, 3.05) is 0 Å². The van der Waals surface area contributed by atoms with E-state index in [1.54, 1.807) is 0 Å². The number of aromatic nitrogens is 1. The molecule has 0 saturated heterocycles. The summed E-state index contributed by atoms with van der Waals surface area (Å²) in [6.45, 7) is 0. The first-order valence-corrected chi connectivity index (χ1v) is 6.70. The molecular weight excluding hydrogens is 337 g/mol. The van der Waals surface area contributed by atoms with Gasteiger partial charge in [0.2, 0.25) is 0 Å². The van der Waals surface area contributed by atoms with Crippen LogP contribution in [0.5, 0.6) is 0 Å². The first kappa shape index (κ1) is 13.5. The van der Waals surface area contributed by atoms with Crippen molar-refractivity contribution in [3.63, 3.8) is 0 Å². The molecule has 2 aromatic rings. The summed E-state index contributed by atoms with van der Waals surface area (Å²) in [7, 11) is 0. The summed E-state index contributed by atoms with van der Waals surface area (Å²) in [6, 6.07) is 9.06. The van der Waals surface area contributed by atoms with Crippen molar-refractivity contribution in [2.45, 2.75) is 6.42 Å². The number of rotatable bonds is 3. The minimum absolute atomic E-state index is 0.136. The second kappa shape index (κ2) is 5.83. The largest absolute Gasteiger partial charge is 0.292 e. The number of hydrogen-bond acceptors (Lipinski definition) is 2. The highest BCUT2D eigenvalue weighted by molar-refractivity contribution is 9.10. The van der Waals surface area contributed by atoms with Gasteiger partial charge in [-0.15, -0.1) is 0 Å². The molecule has 0 spiro atoms. The van der Waals surface area contributed by atoms with Crippen LogP contribution in [-0.2, 0) is 6.42 Å². The average Bonchev–Trinajstić information content (AvgIpc) is 2.32. The highest BCUT2D eigenvalue weighted by Gasteiger charge is 2.14. The second-order valence-corrected chi connectivity index (χ2v) is 5.37. The Morgan fingerprint density at radius 1 is 1.28 bits per heavy atom. The maximum atomic E-state index is 12.1. The minimum atomic E-state index is -0.136. The smallest absolute Gasteiger partial charge is 0.187 e. The lowest BCUT2D eigenvalue weighted by Gasteiger charge is -2.05. The molecule has 2 rings (SSSR count). The van der Waals surface area contributed by atoms with Crippen molar-refractivity contribution < 1.29 is 4.79 Å². The molecule has 0 N–H and O–H groups in total. The van der Waals surface area contributed by atoms with Gasteiger partial charge in [-0.3, -0.25) is 4.79 Å². The van der Waals surface area contributed by atoms with Gasteiger partial charge in [0.1, 0.15) is 5.69 Å². The Labute approximate surface area is 123 Å². The van der Waals surface area contributed by atoms with E-state index in [1.165, 1.54) is 12.3 Å². The van der Waals surface area contributed by atoms with E-state index in [9.17, 15) is 4.79 Å². The number of Topliss-reactive ketones (excluding diaryl/α,β-unsaturated/α-hetero) is 1. The van der Waals surface area contributed by atoms with Gasteiger partial charge in [0.15, 0.2) is 5.78 Å². The number of hydrogen-bond donors (Lipinski definition) is 0. The Bertz CT molecular complexity index is 601. The van der Waals surface area contributed by atoms with E-state index in [2.05, 4.69) is 20.9 Å². The van der Waals surface area contributed by atoms with Crippen LogP contribution in [0.1, 0.15) is 16.1 Å². The Balaban J connectivity index is 2.25. The molecule has 0 aliphatic rings. The van der Waals surface area contributed by atoms with Gasteiger partial charge in [-0.25, -0.2) is 4.98 Å². The summed E-state index contributed by atoms with van der Waals surface area (Å²) in [5, 5.41) is 0.692. The van der Waals surface area contributed by atoms with Crippen LogP contribution in [-0.4, -0.2) is 10.8 Å². The van der Waals surface area contributed by atoms with Gasteiger partial charge in [-0.1, -0.05) is 57.3 Å². The van der Waals surface area contributed by atoms with E-state index in [1.807, 2.05) is 24.3 Å². The van der Waals surface area contributed by atoms with E-state index in [4.69, 9.17) is 23.2 Å². The van der Waals surface area contributed by atoms with Crippen molar-refractivity contribution in [1.82, 2.24) is 4.98 Å². The molecule has 0 saturated carbocycles. The van der Waals surface area contributed by atoms with Crippen molar-refractivity contribution in [3.8, 4) is 0 Å². The first-order valence-electron chi connectivity index (χ1n) is 5.15. The van der Waals surface area contributed by atoms with Crippen LogP contribution >= 0.6 is 39.1 Å². The predicted molar refractivity (Wildman–Crippen MR) is 76.4 cm³/mol. The molecule has 0 aliphatic carbocycles.